The lowest BCUT2D eigenvalue weighted by Gasteiger charge is -2.32. The van der Waals surface area contributed by atoms with Crippen molar-refractivity contribution in [3.63, 3.8) is 0 Å². The topological polar surface area (TPSA) is 119 Å². The maximum atomic E-state index is 11.2. The van der Waals surface area contributed by atoms with Gasteiger partial charge in [0.25, 0.3) is 0 Å². The van der Waals surface area contributed by atoms with Crippen molar-refractivity contribution in [1.82, 2.24) is 29.4 Å². The van der Waals surface area contributed by atoms with Gasteiger partial charge in [0.2, 0.25) is 0 Å². The third-order valence-corrected chi connectivity index (χ3v) is 17.3. The van der Waals surface area contributed by atoms with Crippen LogP contribution in [0.1, 0.15) is 272 Å². The van der Waals surface area contributed by atoms with Crippen LogP contribution in [-0.2, 0) is 9.47 Å². The van der Waals surface area contributed by atoms with Crippen LogP contribution < -0.4 is 0 Å². The molecule has 0 aromatic rings. The molecule has 1 rings (SSSR count). The Labute approximate surface area is 498 Å². The van der Waals surface area contributed by atoms with Gasteiger partial charge in [-0.3, -0.25) is 14.7 Å². The van der Waals surface area contributed by atoms with Gasteiger partial charge < -0.3 is 44.6 Å². The Bertz CT molecular complexity index is 1100. The first-order valence-electron chi connectivity index (χ1n) is 35.2. The molecule has 0 saturated carbocycles. The summed E-state index contributed by atoms with van der Waals surface area (Å²) < 4.78 is 12.8. The Morgan fingerprint density at radius 3 is 0.912 bits per heavy atom. The van der Waals surface area contributed by atoms with Crippen LogP contribution in [0.3, 0.4) is 0 Å². The van der Waals surface area contributed by atoms with Crippen LogP contribution in [0.15, 0.2) is 0 Å². The lowest BCUT2D eigenvalue weighted by molar-refractivity contribution is 0.0256. The minimum atomic E-state index is -0.382. The summed E-state index contributed by atoms with van der Waals surface area (Å²) in [5.74, 6) is 0. The number of aliphatic hydroxyl groups excluding tert-OH is 4. The summed E-state index contributed by atoms with van der Waals surface area (Å²) in [6, 6.07) is 0. The fourth-order valence-corrected chi connectivity index (χ4v) is 11.8. The summed E-state index contributed by atoms with van der Waals surface area (Å²) in [6.45, 7) is 26.0. The molecule has 0 aromatic heterocycles. The summed E-state index contributed by atoms with van der Waals surface area (Å²) >= 11 is 0. The summed E-state index contributed by atoms with van der Waals surface area (Å²) in [6.07, 6.45) is 44.5. The number of nitrogens with zero attached hydrogens (tertiary/aromatic N) is 6. The minimum Gasteiger partial charge on any atom is -0.392 e. The van der Waals surface area contributed by atoms with Gasteiger partial charge >= 0.3 is 0 Å². The molecule has 480 valence electrons. The second-order valence-corrected chi connectivity index (χ2v) is 25.4. The second kappa shape index (κ2) is 58.9. The van der Waals surface area contributed by atoms with Crippen LogP contribution in [0, 0.1) is 0 Å². The Morgan fingerprint density at radius 2 is 0.600 bits per heavy atom. The molecule has 1 aliphatic rings. The number of hydrogen-bond acceptors (Lipinski definition) is 12. The Morgan fingerprint density at radius 1 is 0.325 bits per heavy atom. The highest BCUT2D eigenvalue weighted by Gasteiger charge is 2.19. The standard InChI is InChI=1S/C68H142N6O6/c1-7-11-15-19-23-27-31-35-41-65(75)61-73(62-66(76)42-36-32-28-24-20-16-12-8-2)55-59-79-57-53-72(48-40-46-69(5)45-39-47-71-51-49-70(6)50-52-71)54-58-80-60-56-74(63-67(77)43-37-33-29-25-21-17-13-9-3)64-68(78)44-38-34-30-26-22-18-14-10-4/h65-68,75-78H,7-64H2,1-6H3. The molecule has 4 N–H and O–H groups in total. The van der Waals surface area contributed by atoms with Gasteiger partial charge in [-0.1, -0.05) is 233 Å². The summed E-state index contributed by atoms with van der Waals surface area (Å²) in [7, 11) is 4.50. The molecule has 4 atom stereocenters. The predicted molar refractivity (Wildman–Crippen MR) is 345 cm³/mol. The summed E-state index contributed by atoms with van der Waals surface area (Å²) in [4.78, 5) is 14.6. The van der Waals surface area contributed by atoms with Crippen molar-refractivity contribution in [3.05, 3.63) is 0 Å². The number of aliphatic hydroxyl groups is 4. The van der Waals surface area contributed by atoms with E-state index in [1.54, 1.807) is 0 Å². The SMILES string of the molecule is CCCCCCCCCCC(O)CN(CCOCCN(CCCN(C)CCCN1CCN(C)CC1)CCOCCN(CC(O)CCCCCCCCCC)CC(O)CCCCCCCCCC)CC(O)CCCCCCCCCC. The Kier molecular flexibility index (Phi) is 57.1. The van der Waals surface area contributed by atoms with Crippen molar-refractivity contribution in [3.8, 4) is 0 Å². The molecule has 1 heterocycles. The van der Waals surface area contributed by atoms with Gasteiger partial charge in [-0.05, 0) is 78.8 Å². The van der Waals surface area contributed by atoms with Crippen molar-refractivity contribution in [2.75, 3.05) is 145 Å². The monoisotopic (exact) mass is 1140 g/mol. The quantitative estimate of drug-likeness (QED) is 0.0434. The molecule has 4 unspecified atom stereocenters. The molecule has 0 aromatic carbocycles. The number of rotatable bonds is 64. The zero-order chi connectivity index (χ0) is 58.2. The first-order valence-corrected chi connectivity index (χ1v) is 35.2. The Hall–Kier alpha value is -0.480. The average Bonchev–Trinajstić information content (AvgIpc) is 3.43. The number of hydrogen-bond donors (Lipinski definition) is 4. The zero-order valence-electron chi connectivity index (χ0n) is 54.6. The van der Waals surface area contributed by atoms with Gasteiger partial charge in [0.15, 0.2) is 0 Å². The van der Waals surface area contributed by atoms with Gasteiger partial charge in [0, 0.05) is 78.5 Å². The van der Waals surface area contributed by atoms with E-state index >= 15 is 0 Å². The summed E-state index contributed by atoms with van der Waals surface area (Å²) in [5, 5.41) is 44.9. The van der Waals surface area contributed by atoms with E-state index < -0.39 is 0 Å². The first-order chi connectivity index (χ1) is 39.1. The molecule has 0 amide bonds. The maximum Gasteiger partial charge on any atom is 0.0667 e. The van der Waals surface area contributed by atoms with Crippen LogP contribution in [0.25, 0.3) is 0 Å². The zero-order valence-corrected chi connectivity index (χ0v) is 54.6. The highest BCUT2D eigenvalue weighted by atomic mass is 16.5. The molecule has 12 heteroatoms. The van der Waals surface area contributed by atoms with E-state index in [2.05, 4.69) is 71.2 Å². The molecule has 0 spiro atoms. The van der Waals surface area contributed by atoms with Crippen LogP contribution in [-0.4, -0.2) is 219 Å². The van der Waals surface area contributed by atoms with Crippen molar-refractivity contribution < 1.29 is 29.9 Å². The highest BCUT2D eigenvalue weighted by molar-refractivity contribution is 4.73. The molecule has 0 radical (unpaired) electrons. The number of ether oxygens (including phenoxy) is 2. The maximum absolute atomic E-state index is 11.2. The third kappa shape index (κ3) is 51.9. The van der Waals surface area contributed by atoms with Crippen molar-refractivity contribution in [2.45, 2.75) is 296 Å². The van der Waals surface area contributed by atoms with Crippen LogP contribution >= 0.6 is 0 Å². The van der Waals surface area contributed by atoms with E-state index in [1.807, 2.05) is 0 Å². The van der Waals surface area contributed by atoms with E-state index in [0.717, 1.165) is 90.5 Å². The van der Waals surface area contributed by atoms with Crippen LogP contribution in [0.5, 0.6) is 0 Å². The normalized spacial score (nSPS) is 15.4. The van der Waals surface area contributed by atoms with Crippen LogP contribution in [0.2, 0.25) is 0 Å². The van der Waals surface area contributed by atoms with Crippen molar-refractivity contribution in [1.29, 1.82) is 0 Å². The molecule has 80 heavy (non-hydrogen) atoms. The molecular formula is C68H142N6O6. The number of likely N-dealkylation sites (N-methyl/N-ethyl adjacent to an activating group) is 1. The lowest BCUT2D eigenvalue weighted by Crippen LogP contribution is -2.45. The van der Waals surface area contributed by atoms with Crippen LogP contribution in [0.4, 0.5) is 0 Å². The van der Waals surface area contributed by atoms with Gasteiger partial charge in [-0.15, -0.1) is 0 Å². The molecule has 1 fully saturated rings. The number of unbranched alkanes of at least 4 members (excludes halogenated alkanes) is 28. The van der Waals surface area contributed by atoms with Gasteiger partial charge in [-0.2, -0.15) is 0 Å². The fourth-order valence-electron chi connectivity index (χ4n) is 11.8. The van der Waals surface area contributed by atoms with Crippen molar-refractivity contribution >= 4 is 0 Å². The Balaban J connectivity index is 2.85. The van der Waals surface area contributed by atoms with Crippen molar-refractivity contribution in [2.24, 2.45) is 0 Å². The first kappa shape index (κ1) is 77.5. The van der Waals surface area contributed by atoms with E-state index in [4.69, 9.17) is 9.47 Å². The second-order valence-electron chi connectivity index (χ2n) is 25.4. The van der Waals surface area contributed by atoms with E-state index in [1.165, 1.54) is 219 Å². The predicted octanol–water partition coefficient (Wildman–Crippen LogP) is 13.5. The number of piperazine rings is 1. The van der Waals surface area contributed by atoms with E-state index in [0.29, 0.717) is 65.7 Å². The smallest absolute Gasteiger partial charge is 0.0667 e. The largest absolute Gasteiger partial charge is 0.392 e. The molecule has 1 aliphatic heterocycles. The van der Waals surface area contributed by atoms with Gasteiger partial charge in [0.1, 0.15) is 0 Å². The minimum absolute atomic E-state index is 0.382. The van der Waals surface area contributed by atoms with E-state index in [9.17, 15) is 20.4 Å². The lowest BCUT2D eigenvalue weighted by atomic mass is 10.0. The molecule has 1 saturated heterocycles. The third-order valence-electron chi connectivity index (χ3n) is 17.3. The average molecular weight is 1140 g/mol. The molecular weight excluding hydrogens is 997 g/mol. The molecule has 0 bridgehead atoms. The van der Waals surface area contributed by atoms with Gasteiger partial charge in [0.05, 0.1) is 50.8 Å². The highest BCUT2D eigenvalue weighted by Crippen LogP contribution is 2.17. The molecule has 0 aliphatic carbocycles. The molecule has 12 nitrogen and oxygen atoms in total. The summed E-state index contributed by atoms with van der Waals surface area (Å²) in [5.41, 5.74) is 0. The van der Waals surface area contributed by atoms with Gasteiger partial charge in [-0.25, -0.2) is 0 Å². The van der Waals surface area contributed by atoms with E-state index in [-0.39, 0.29) is 24.4 Å². The fraction of sp³-hybridized carbons (Fsp3) is 1.00.